The van der Waals surface area contributed by atoms with E-state index in [1.807, 2.05) is 0 Å². The Bertz CT molecular complexity index is 710. The summed E-state index contributed by atoms with van der Waals surface area (Å²) < 4.78 is 49.7. The van der Waals surface area contributed by atoms with Crippen LogP contribution in [0.15, 0.2) is 28.7 Å². The fourth-order valence-corrected chi connectivity index (χ4v) is 2.43. The predicted molar refractivity (Wildman–Crippen MR) is 88.5 cm³/mol. The standard InChI is InChI=1S/C13H16F4N8S/c14-10(15)13(16,17)6-20-11(18)23-9-3-4-19-12(24-9)26-5-1-2-8-21-7-22-25-8/h3-4,7,10H,1-2,5-6H2,(H,21,22,25)(H3,18,19,20,23,24). The Morgan fingerprint density at radius 1 is 1.38 bits per heavy atom. The second-order valence-corrected chi connectivity index (χ2v) is 6.06. The molecule has 8 nitrogen and oxygen atoms in total. The second-order valence-electron chi connectivity index (χ2n) is 5.00. The molecule has 0 saturated heterocycles. The number of anilines is 1. The van der Waals surface area contributed by atoms with Gasteiger partial charge in [0.15, 0.2) is 11.1 Å². The van der Waals surface area contributed by atoms with Crippen molar-refractivity contribution in [3.8, 4) is 0 Å². The van der Waals surface area contributed by atoms with Crippen LogP contribution in [0, 0.1) is 0 Å². The van der Waals surface area contributed by atoms with E-state index in [9.17, 15) is 17.6 Å². The molecule has 0 aromatic carbocycles. The Hall–Kier alpha value is -2.44. The number of aromatic nitrogens is 5. The minimum atomic E-state index is -4.23. The first-order valence-corrected chi connectivity index (χ1v) is 8.38. The molecule has 2 rings (SSSR count). The summed E-state index contributed by atoms with van der Waals surface area (Å²) in [7, 11) is 0. The molecule has 4 N–H and O–H groups in total. The van der Waals surface area contributed by atoms with E-state index in [-0.39, 0.29) is 5.82 Å². The number of nitrogens with one attached hydrogen (secondary N) is 2. The zero-order valence-electron chi connectivity index (χ0n) is 13.4. The largest absolute Gasteiger partial charge is 0.370 e. The minimum absolute atomic E-state index is 0.222. The number of hydrogen-bond donors (Lipinski definition) is 3. The van der Waals surface area contributed by atoms with E-state index in [0.29, 0.717) is 10.9 Å². The molecule has 0 atom stereocenters. The van der Waals surface area contributed by atoms with Gasteiger partial charge < -0.3 is 11.1 Å². The van der Waals surface area contributed by atoms with E-state index in [2.05, 4.69) is 35.5 Å². The normalized spacial score (nSPS) is 12.6. The van der Waals surface area contributed by atoms with Crippen molar-refractivity contribution in [1.29, 1.82) is 0 Å². The minimum Gasteiger partial charge on any atom is -0.370 e. The van der Waals surface area contributed by atoms with Gasteiger partial charge in [-0.3, -0.25) is 5.10 Å². The summed E-state index contributed by atoms with van der Waals surface area (Å²) in [6, 6.07) is 1.45. The SMILES string of the molecule is NC(=NCC(F)(F)C(F)F)Nc1ccnc(SCCCc2ncn[nH]2)n1. The first-order chi connectivity index (χ1) is 12.4. The molecule has 2 heterocycles. The molecule has 2 aromatic rings. The second kappa shape index (κ2) is 9.31. The third-order valence-corrected chi connectivity index (χ3v) is 3.87. The maximum atomic E-state index is 12.8. The lowest BCUT2D eigenvalue weighted by atomic mass is 10.3. The van der Waals surface area contributed by atoms with Crippen LogP contribution in [-0.2, 0) is 6.42 Å². The van der Waals surface area contributed by atoms with E-state index >= 15 is 0 Å². The monoisotopic (exact) mass is 392 g/mol. The topological polar surface area (TPSA) is 118 Å². The fraction of sp³-hybridized carbons (Fsp3) is 0.462. The molecule has 0 aliphatic heterocycles. The van der Waals surface area contributed by atoms with Gasteiger partial charge in [0.2, 0.25) is 0 Å². The lowest BCUT2D eigenvalue weighted by Crippen LogP contribution is -2.33. The molecule has 2 aromatic heterocycles. The number of thioether (sulfide) groups is 1. The number of aliphatic imine (C=N–C) groups is 1. The van der Waals surface area contributed by atoms with Gasteiger partial charge in [0.05, 0.1) is 0 Å². The van der Waals surface area contributed by atoms with Gasteiger partial charge in [0.1, 0.15) is 24.5 Å². The van der Waals surface area contributed by atoms with Crippen LogP contribution in [0.4, 0.5) is 23.4 Å². The van der Waals surface area contributed by atoms with E-state index in [1.165, 1.54) is 30.4 Å². The molecule has 0 aliphatic carbocycles. The third kappa shape index (κ3) is 6.46. The van der Waals surface area contributed by atoms with Crippen molar-refractivity contribution in [2.24, 2.45) is 10.7 Å². The lowest BCUT2D eigenvalue weighted by molar-refractivity contribution is -0.119. The molecule has 26 heavy (non-hydrogen) atoms. The molecular formula is C13H16F4N8S. The van der Waals surface area contributed by atoms with Crippen molar-refractivity contribution in [3.63, 3.8) is 0 Å². The summed E-state index contributed by atoms with van der Waals surface area (Å²) in [4.78, 5) is 15.4. The number of H-pyrrole nitrogens is 1. The van der Waals surface area contributed by atoms with E-state index in [0.717, 1.165) is 18.7 Å². The quantitative estimate of drug-likeness (QED) is 0.149. The highest BCUT2D eigenvalue weighted by atomic mass is 32.2. The average Bonchev–Trinajstić information content (AvgIpc) is 3.11. The Morgan fingerprint density at radius 3 is 2.88 bits per heavy atom. The maximum absolute atomic E-state index is 12.8. The molecular weight excluding hydrogens is 376 g/mol. The van der Waals surface area contributed by atoms with Crippen molar-refractivity contribution in [2.75, 3.05) is 17.6 Å². The van der Waals surface area contributed by atoms with Crippen LogP contribution in [0.2, 0.25) is 0 Å². The summed E-state index contributed by atoms with van der Waals surface area (Å²) in [5.74, 6) is -2.95. The molecule has 0 fully saturated rings. The third-order valence-electron chi connectivity index (χ3n) is 2.92. The van der Waals surface area contributed by atoms with Crippen LogP contribution in [0.1, 0.15) is 12.2 Å². The van der Waals surface area contributed by atoms with Gasteiger partial charge >= 0.3 is 12.3 Å². The van der Waals surface area contributed by atoms with Gasteiger partial charge in [0.25, 0.3) is 0 Å². The van der Waals surface area contributed by atoms with Crippen LogP contribution in [0.5, 0.6) is 0 Å². The van der Waals surface area contributed by atoms with Gasteiger partial charge in [0, 0.05) is 18.4 Å². The number of aryl methyl sites for hydroxylation is 1. The molecule has 13 heteroatoms. The van der Waals surface area contributed by atoms with Gasteiger partial charge in [-0.15, -0.1) is 0 Å². The number of alkyl halides is 4. The van der Waals surface area contributed by atoms with Crippen molar-refractivity contribution in [2.45, 2.75) is 30.3 Å². The van der Waals surface area contributed by atoms with Crippen LogP contribution < -0.4 is 11.1 Å². The lowest BCUT2D eigenvalue weighted by Gasteiger charge is -2.12. The van der Waals surface area contributed by atoms with Crippen molar-refractivity contribution in [1.82, 2.24) is 25.1 Å². The number of nitrogens with two attached hydrogens (primary N) is 1. The van der Waals surface area contributed by atoms with Crippen molar-refractivity contribution >= 4 is 23.5 Å². The average molecular weight is 392 g/mol. The highest BCUT2D eigenvalue weighted by Gasteiger charge is 2.40. The fourth-order valence-electron chi connectivity index (χ4n) is 1.66. The summed E-state index contributed by atoms with van der Waals surface area (Å²) in [6.07, 6.45) is 0.618. The van der Waals surface area contributed by atoms with E-state index < -0.39 is 24.9 Å². The number of halogens is 4. The first kappa shape index (κ1) is 19.9. The van der Waals surface area contributed by atoms with E-state index in [1.54, 1.807) is 0 Å². The maximum Gasteiger partial charge on any atom is 0.326 e. The number of guanidine groups is 1. The number of nitrogens with zero attached hydrogens (tertiary/aromatic N) is 5. The highest BCUT2D eigenvalue weighted by Crippen LogP contribution is 2.22. The van der Waals surface area contributed by atoms with Crippen molar-refractivity contribution in [3.05, 3.63) is 24.4 Å². The summed E-state index contributed by atoms with van der Waals surface area (Å²) in [5.41, 5.74) is 5.42. The van der Waals surface area contributed by atoms with Crippen LogP contribution >= 0.6 is 11.8 Å². The Morgan fingerprint density at radius 2 is 2.19 bits per heavy atom. The number of hydrogen-bond acceptors (Lipinski definition) is 6. The van der Waals surface area contributed by atoms with Gasteiger partial charge in [-0.05, 0) is 12.5 Å². The molecule has 0 spiro atoms. The number of aromatic amines is 1. The summed E-state index contributed by atoms with van der Waals surface area (Å²) >= 11 is 1.38. The summed E-state index contributed by atoms with van der Waals surface area (Å²) in [6.45, 7) is -1.42. The van der Waals surface area contributed by atoms with Gasteiger partial charge in [-0.25, -0.2) is 28.7 Å². The van der Waals surface area contributed by atoms with Crippen molar-refractivity contribution < 1.29 is 17.6 Å². The zero-order valence-corrected chi connectivity index (χ0v) is 14.2. The molecule has 0 bridgehead atoms. The van der Waals surface area contributed by atoms with Crippen LogP contribution in [0.3, 0.4) is 0 Å². The van der Waals surface area contributed by atoms with Crippen LogP contribution in [0.25, 0.3) is 0 Å². The van der Waals surface area contributed by atoms with E-state index in [4.69, 9.17) is 5.73 Å². The van der Waals surface area contributed by atoms with Gasteiger partial charge in [-0.1, -0.05) is 11.8 Å². The highest BCUT2D eigenvalue weighted by molar-refractivity contribution is 7.99. The first-order valence-electron chi connectivity index (χ1n) is 7.40. The summed E-state index contributed by atoms with van der Waals surface area (Å²) in [5, 5.41) is 9.42. The zero-order chi connectivity index (χ0) is 19.0. The molecule has 142 valence electrons. The molecule has 0 radical (unpaired) electrons. The predicted octanol–water partition coefficient (Wildman–Crippen LogP) is 1.95. The molecule has 0 unspecified atom stereocenters. The van der Waals surface area contributed by atoms with Gasteiger partial charge in [-0.2, -0.15) is 13.9 Å². The smallest absolute Gasteiger partial charge is 0.326 e. The molecule has 0 aliphatic rings. The Labute approximate surface area is 150 Å². The number of rotatable bonds is 9. The molecule has 0 amide bonds. The van der Waals surface area contributed by atoms with Crippen LogP contribution in [-0.4, -0.2) is 55.8 Å². The Kier molecular flexibility index (Phi) is 7.12. The molecule has 0 saturated carbocycles. The Balaban J connectivity index is 1.82.